The van der Waals surface area contributed by atoms with Crippen LogP contribution in [0.5, 0.6) is 11.6 Å². The minimum absolute atomic E-state index is 0.304. The number of aromatic nitrogens is 1. The summed E-state index contributed by atoms with van der Waals surface area (Å²) in [6.45, 7) is 7.54. The highest BCUT2D eigenvalue weighted by molar-refractivity contribution is 5.99. The smallest absolute Gasteiger partial charge is 0.224 e. The number of hydrogen-bond acceptors (Lipinski definition) is 5. The molecule has 0 unspecified atom stereocenters. The van der Waals surface area contributed by atoms with E-state index in [1.54, 1.807) is 18.3 Å². The third-order valence-corrected chi connectivity index (χ3v) is 3.37. The van der Waals surface area contributed by atoms with Crippen LogP contribution in [0.15, 0.2) is 47.6 Å². The lowest BCUT2D eigenvalue weighted by Crippen LogP contribution is -2.22. The highest BCUT2D eigenvalue weighted by atomic mass is 16.5. The summed E-state index contributed by atoms with van der Waals surface area (Å²) in [5.41, 5.74) is 3.70. The first-order chi connectivity index (χ1) is 12.2. The van der Waals surface area contributed by atoms with Gasteiger partial charge in [-0.1, -0.05) is 32.0 Å². The Bertz CT molecular complexity index is 702. The third-order valence-electron chi connectivity index (χ3n) is 3.37. The predicted molar refractivity (Wildman–Crippen MR) is 97.3 cm³/mol. The molecule has 25 heavy (non-hydrogen) atoms. The molecular formula is C19H25N3O3. The molecule has 0 aliphatic rings. The maximum Gasteiger partial charge on any atom is 0.224 e. The van der Waals surface area contributed by atoms with Gasteiger partial charge in [0.05, 0.1) is 25.3 Å². The second-order valence-corrected chi connectivity index (χ2v) is 5.88. The average Bonchev–Trinajstić information content (AvgIpc) is 2.62. The van der Waals surface area contributed by atoms with Crippen LogP contribution < -0.4 is 15.0 Å². The second kappa shape index (κ2) is 9.64. The van der Waals surface area contributed by atoms with E-state index in [1.165, 1.54) is 0 Å². The van der Waals surface area contributed by atoms with Gasteiger partial charge >= 0.3 is 0 Å². The van der Waals surface area contributed by atoms with E-state index in [9.17, 15) is 5.21 Å². The van der Waals surface area contributed by atoms with Crippen LogP contribution in [0.2, 0.25) is 0 Å². The molecule has 0 saturated carbocycles. The molecule has 0 amide bonds. The van der Waals surface area contributed by atoms with Crippen molar-refractivity contribution in [1.29, 1.82) is 0 Å². The van der Waals surface area contributed by atoms with E-state index in [4.69, 9.17) is 9.47 Å². The molecule has 134 valence electrons. The Morgan fingerprint density at radius 2 is 2.00 bits per heavy atom. The van der Waals surface area contributed by atoms with Crippen molar-refractivity contribution in [2.75, 3.05) is 13.2 Å². The third kappa shape index (κ3) is 5.46. The molecular weight excluding hydrogens is 318 g/mol. The van der Waals surface area contributed by atoms with Gasteiger partial charge in [-0.25, -0.2) is 4.98 Å². The molecule has 0 aliphatic carbocycles. The van der Waals surface area contributed by atoms with Gasteiger partial charge in [0, 0.05) is 11.8 Å². The van der Waals surface area contributed by atoms with Gasteiger partial charge in [-0.05, 0) is 31.0 Å². The van der Waals surface area contributed by atoms with Crippen molar-refractivity contribution >= 4 is 5.84 Å². The van der Waals surface area contributed by atoms with E-state index >= 15 is 0 Å². The van der Waals surface area contributed by atoms with Crippen molar-refractivity contribution in [3.05, 3.63) is 53.7 Å². The lowest BCUT2D eigenvalue weighted by atomic mass is 10.2. The van der Waals surface area contributed by atoms with Gasteiger partial charge < -0.3 is 9.47 Å². The van der Waals surface area contributed by atoms with Gasteiger partial charge in [0.15, 0.2) is 5.84 Å². The van der Waals surface area contributed by atoms with Gasteiger partial charge in [0.1, 0.15) is 5.75 Å². The summed E-state index contributed by atoms with van der Waals surface area (Å²) in [7, 11) is 0. The number of rotatable bonds is 8. The Morgan fingerprint density at radius 3 is 2.72 bits per heavy atom. The summed E-state index contributed by atoms with van der Waals surface area (Å²) < 4.78 is 11.3. The van der Waals surface area contributed by atoms with Crippen molar-refractivity contribution in [2.24, 2.45) is 10.9 Å². The molecule has 0 atom stereocenters. The van der Waals surface area contributed by atoms with Gasteiger partial charge in [-0.3, -0.25) is 15.7 Å². The number of pyridine rings is 1. The standard InChI is InChI=1S/C19H25N3O3/c1-4-24-17-10-6-5-8-15(17)12-21-18(22-23)16-9-7-11-20-19(16)25-13-14(2)3/h5-11,14,23H,4,12-13H2,1-3H3,(H,21,22). The van der Waals surface area contributed by atoms with Gasteiger partial charge in [0.25, 0.3) is 0 Å². The maximum atomic E-state index is 9.54. The molecule has 1 heterocycles. The second-order valence-electron chi connectivity index (χ2n) is 5.88. The zero-order valence-corrected chi connectivity index (χ0v) is 14.9. The minimum atomic E-state index is 0.304. The highest BCUT2D eigenvalue weighted by Crippen LogP contribution is 2.20. The van der Waals surface area contributed by atoms with Gasteiger partial charge in [-0.15, -0.1) is 0 Å². The Kier molecular flexibility index (Phi) is 7.22. The summed E-state index contributed by atoms with van der Waals surface area (Å²) >= 11 is 0. The predicted octanol–water partition coefficient (Wildman–Crippen LogP) is 3.44. The number of aliphatic imine (C=N–C) groups is 1. The van der Waals surface area contributed by atoms with Gasteiger partial charge in [0.2, 0.25) is 5.88 Å². The van der Waals surface area contributed by atoms with E-state index in [0.29, 0.717) is 43.0 Å². The SMILES string of the molecule is CCOc1ccccc1CN=C(NO)c1cccnc1OCC(C)C. The van der Waals surface area contributed by atoms with Crippen LogP contribution in [0.3, 0.4) is 0 Å². The minimum Gasteiger partial charge on any atom is -0.494 e. The summed E-state index contributed by atoms with van der Waals surface area (Å²) in [6, 6.07) is 11.3. The number of nitrogens with one attached hydrogen (secondary N) is 1. The quantitative estimate of drug-likeness (QED) is 0.436. The number of hydrogen-bond donors (Lipinski definition) is 2. The summed E-state index contributed by atoms with van der Waals surface area (Å²) in [5.74, 6) is 1.90. The van der Waals surface area contributed by atoms with E-state index < -0.39 is 0 Å². The molecule has 1 aromatic carbocycles. The Hall–Kier alpha value is -2.60. The van der Waals surface area contributed by atoms with Crippen molar-refractivity contribution in [3.63, 3.8) is 0 Å². The van der Waals surface area contributed by atoms with Crippen molar-refractivity contribution in [2.45, 2.75) is 27.3 Å². The summed E-state index contributed by atoms with van der Waals surface area (Å²) in [4.78, 5) is 8.71. The lowest BCUT2D eigenvalue weighted by Gasteiger charge is -2.13. The van der Waals surface area contributed by atoms with E-state index in [0.717, 1.165) is 11.3 Å². The fourth-order valence-corrected chi connectivity index (χ4v) is 2.21. The van der Waals surface area contributed by atoms with Crippen molar-refractivity contribution in [1.82, 2.24) is 10.5 Å². The molecule has 1 aromatic heterocycles. The van der Waals surface area contributed by atoms with Crippen LogP contribution in [-0.4, -0.2) is 29.2 Å². The van der Waals surface area contributed by atoms with Crippen LogP contribution >= 0.6 is 0 Å². The topological polar surface area (TPSA) is 76.0 Å². The first-order valence-corrected chi connectivity index (χ1v) is 8.39. The largest absolute Gasteiger partial charge is 0.494 e. The molecule has 2 aromatic rings. The Labute approximate surface area is 148 Å². The fraction of sp³-hybridized carbons (Fsp3) is 0.368. The highest BCUT2D eigenvalue weighted by Gasteiger charge is 2.12. The molecule has 6 nitrogen and oxygen atoms in total. The first kappa shape index (κ1) is 18.7. The zero-order chi connectivity index (χ0) is 18.1. The van der Waals surface area contributed by atoms with Crippen LogP contribution in [0, 0.1) is 5.92 Å². The first-order valence-electron chi connectivity index (χ1n) is 8.39. The molecule has 6 heteroatoms. The summed E-state index contributed by atoms with van der Waals surface area (Å²) in [5, 5.41) is 9.54. The molecule has 0 spiro atoms. The maximum absolute atomic E-state index is 9.54. The average molecular weight is 343 g/mol. The molecule has 0 saturated heterocycles. The summed E-state index contributed by atoms with van der Waals surface area (Å²) in [6.07, 6.45) is 1.65. The number of benzene rings is 1. The Balaban J connectivity index is 2.24. The normalized spacial score (nSPS) is 11.5. The number of para-hydroxylation sites is 1. The van der Waals surface area contributed by atoms with E-state index in [1.807, 2.05) is 31.2 Å². The monoisotopic (exact) mass is 343 g/mol. The van der Waals surface area contributed by atoms with Crippen molar-refractivity contribution < 1.29 is 14.7 Å². The lowest BCUT2D eigenvalue weighted by molar-refractivity contribution is 0.232. The fourth-order valence-electron chi connectivity index (χ4n) is 2.21. The van der Waals surface area contributed by atoms with Crippen LogP contribution in [0.25, 0.3) is 0 Å². The van der Waals surface area contributed by atoms with Crippen molar-refractivity contribution in [3.8, 4) is 11.6 Å². The molecule has 0 radical (unpaired) electrons. The van der Waals surface area contributed by atoms with Crippen LogP contribution in [0.1, 0.15) is 31.9 Å². The van der Waals surface area contributed by atoms with E-state index in [2.05, 4.69) is 29.3 Å². The van der Waals surface area contributed by atoms with Crippen LogP contribution in [-0.2, 0) is 6.54 Å². The van der Waals surface area contributed by atoms with Crippen LogP contribution in [0.4, 0.5) is 0 Å². The molecule has 0 aliphatic heterocycles. The van der Waals surface area contributed by atoms with Gasteiger partial charge in [-0.2, -0.15) is 0 Å². The zero-order valence-electron chi connectivity index (χ0n) is 14.9. The molecule has 2 rings (SSSR count). The number of amidine groups is 1. The Morgan fingerprint density at radius 1 is 1.20 bits per heavy atom. The molecule has 0 fully saturated rings. The molecule has 0 bridgehead atoms. The number of nitrogens with zero attached hydrogens (tertiary/aromatic N) is 2. The number of hydroxylamine groups is 1. The molecule has 2 N–H and O–H groups in total. The number of ether oxygens (including phenoxy) is 2. The van der Waals surface area contributed by atoms with E-state index in [-0.39, 0.29) is 0 Å².